The zero-order valence-corrected chi connectivity index (χ0v) is 10.1. The van der Waals surface area contributed by atoms with E-state index in [1.165, 1.54) is 31.2 Å². The fourth-order valence-electron chi connectivity index (χ4n) is 2.20. The number of hydrogen-bond acceptors (Lipinski definition) is 3. The number of ether oxygens (including phenoxy) is 1. The highest BCUT2D eigenvalue weighted by Crippen LogP contribution is 2.22. The number of hydrogen-bond donors (Lipinski definition) is 1. The van der Waals surface area contributed by atoms with Crippen LogP contribution in [0.5, 0.6) is 0 Å². The van der Waals surface area contributed by atoms with Crippen molar-refractivity contribution in [3.8, 4) is 0 Å². The molecule has 2 unspecified atom stereocenters. The Hall–Kier alpha value is -0.380. The molecule has 1 aromatic heterocycles. The average molecular weight is 225 g/mol. The van der Waals surface area contributed by atoms with Gasteiger partial charge in [0.15, 0.2) is 0 Å². The molecule has 2 rings (SSSR count). The van der Waals surface area contributed by atoms with Crippen LogP contribution >= 0.6 is 11.3 Å². The third kappa shape index (κ3) is 3.03. The molecule has 0 bridgehead atoms. The van der Waals surface area contributed by atoms with E-state index in [0.717, 1.165) is 6.61 Å². The second kappa shape index (κ2) is 5.64. The SMILES string of the molecule is CNC1CCCCC1OCc1ccsc1. The maximum atomic E-state index is 5.98. The molecule has 0 spiro atoms. The van der Waals surface area contributed by atoms with Crippen LogP contribution in [0.15, 0.2) is 16.8 Å². The van der Waals surface area contributed by atoms with Crippen LogP contribution in [0.3, 0.4) is 0 Å². The lowest BCUT2D eigenvalue weighted by atomic mass is 9.92. The van der Waals surface area contributed by atoms with Gasteiger partial charge in [0.25, 0.3) is 0 Å². The van der Waals surface area contributed by atoms with E-state index in [4.69, 9.17) is 4.74 Å². The minimum absolute atomic E-state index is 0.406. The molecule has 1 N–H and O–H groups in total. The van der Waals surface area contributed by atoms with Gasteiger partial charge in [-0.15, -0.1) is 0 Å². The largest absolute Gasteiger partial charge is 0.372 e. The van der Waals surface area contributed by atoms with E-state index in [1.807, 2.05) is 7.05 Å². The molecule has 3 heteroatoms. The van der Waals surface area contributed by atoms with Gasteiger partial charge in [0.05, 0.1) is 12.7 Å². The van der Waals surface area contributed by atoms with Crippen molar-refractivity contribution in [2.75, 3.05) is 7.05 Å². The Kier molecular flexibility index (Phi) is 4.18. The summed E-state index contributed by atoms with van der Waals surface area (Å²) in [7, 11) is 2.04. The molecule has 1 fully saturated rings. The Balaban J connectivity index is 1.81. The predicted octanol–water partition coefficient (Wildman–Crippen LogP) is 2.80. The molecule has 2 atom stereocenters. The standard InChI is InChI=1S/C12H19NOS/c1-13-11-4-2-3-5-12(11)14-8-10-6-7-15-9-10/h6-7,9,11-13H,2-5,8H2,1H3. The van der Waals surface area contributed by atoms with Crippen LogP contribution in [0.4, 0.5) is 0 Å². The lowest BCUT2D eigenvalue weighted by Gasteiger charge is -2.31. The summed E-state index contributed by atoms with van der Waals surface area (Å²) < 4.78 is 5.98. The molecule has 15 heavy (non-hydrogen) atoms. The second-order valence-electron chi connectivity index (χ2n) is 4.16. The Morgan fingerprint density at radius 1 is 1.47 bits per heavy atom. The smallest absolute Gasteiger partial charge is 0.0732 e. The van der Waals surface area contributed by atoms with Gasteiger partial charge in [-0.2, -0.15) is 11.3 Å². The zero-order valence-electron chi connectivity index (χ0n) is 9.24. The summed E-state index contributed by atoms with van der Waals surface area (Å²) in [5, 5.41) is 7.63. The lowest BCUT2D eigenvalue weighted by molar-refractivity contribution is -0.00347. The van der Waals surface area contributed by atoms with Gasteiger partial charge in [-0.3, -0.25) is 0 Å². The Bertz CT molecular complexity index is 273. The monoisotopic (exact) mass is 225 g/mol. The summed E-state index contributed by atoms with van der Waals surface area (Å²) in [6.45, 7) is 0.770. The van der Waals surface area contributed by atoms with E-state index in [2.05, 4.69) is 22.1 Å². The molecule has 1 saturated carbocycles. The zero-order chi connectivity index (χ0) is 10.5. The minimum atomic E-state index is 0.406. The van der Waals surface area contributed by atoms with Crippen LogP contribution in [-0.4, -0.2) is 19.2 Å². The summed E-state index contributed by atoms with van der Waals surface area (Å²) in [6, 6.07) is 2.69. The van der Waals surface area contributed by atoms with E-state index >= 15 is 0 Å². The summed E-state index contributed by atoms with van der Waals surface area (Å²) in [5.74, 6) is 0. The van der Waals surface area contributed by atoms with Gasteiger partial charge < -0.3 is 10.1 Å². The van der Waals surface area contributed by atoms with Gasteiger partial charge in [-0.25, -0.2) is 0 Å². The van der Waals surface area contributed by atoms with E-state index in [9.17, 15) is 0 Å². The Morgan fingerprint density at radius 3 is 3.07 bits per heavy atom. The van der Waals surface area contributed by atoms with Gasteiger partial charge in [0, 0.05) is 6.04 Å². The number of nitrogens with one attached hydrogen (secondary N) is 1. The van der Waals surface area contributed by atoms with Gasteiger partial charge in [0.1, 0.15) is 0 Å². The Morgan fingerprint density at radius 2 is 2.33 bits per heavy atom. The molecule has 1 aliphatic rings. The molecule has 1 aromatic rings. The molecular formula is C12H19NOS. The second-order valence-corrected chi connectivity index (χ2v) is 4.94. The van der Waals surface area contributed by atoms with Gasteiger partial charge in [-0.1, -0.05) is 12.8 Å². The first kappa shape index (κ1) is 11.1. The van der Waals surface area contributed by atoms with Crippen molar-refractivity contribution in [1.29, 1.82) is 0 Å². The first-order chi connectivity index (χ1) is 7.40. The highest BCUT2D eigenvalue weighted by molar-refractivity contribution is 7.07. The third-order valence-corrected chi connectivity index (χ3v) is 3.85. The topological polar surface area (TPSA) is 21.3 Å². The van der Waals surface area contributed by atoms with Crippen molar-refractivity contribution in [3.05, 3.63) is 22.4 Å². The molecular weight excluding hydrogens is 206 g/mol. The molecule has 84 valence electrons. The molecule has 2 nitrogen and oxygen atoms in total. The summed E-state index contributed by atoms with van der Waals surface area (Å²) >= 11 is 1.74. The van der Waals surface area contributed by atoms with Gasteiger partial charge in [0.2, 0.25) is 0 Å². The normalized spacial score (nSPS) is 26.7. The molecule has 0 aromatic carbocycles. The van der Waals surface area contributed by atoms with Crippen molar-refractivity contribution < 1.29 is 4.74 Å². The molecule has 1 heterocycles. The van der Waals surface area contributed by atoms with E-state index in [1.54, 1.807) is 11.3 Å². The quantitative estimate of drug-likeness (QED) is 0.851. The van der Waals surface area contributed by atoms with Gasteiger partial charge in [-0.05, 0) is 42.3 Å². The summed E-state index contributed by atoms with van der Waals surface area (Å²) in [5.41, 5.74) is 1.31. The van der Waals surface area contributed by atoms with E-state index in [0.29, 0.717) is 12.1 Å². The van der Waals surface area contributed by atoms with Crippen LogP contribution in [0.25, 0.3) is 0 Å². The van der Waals surface area contributed by atoms with E-state index in [-0.39, 0.29) is 0 Å². The maximum Gasteiger partial charge on any atom is 0.0732 e. The number of likely N-dealkylation sites (N-methyl/N-ethyl adjacent to an activating group) is 1. The average Bonchev–Trinajstić information content (AvgIpc) is 2.79. The number of thiophene rings is 1. The highest BCUT2D eigenvalue weighted by atomic mass is 32.1. The van der Waals surface area contributed by atoms with Crippen LogP contribution in [0.1, 0.15) is 31.2 Å². The molecule has 0 aliphatic heterocycles. The fourth-order valence-corrected chi connectivity index (χ4v) is 2.86. The predicted molar refractivity (Wildman–Crippen MR) is 64.2 cm³/mol. The first-order valence-corrected chi connectivity index (χ1v) is 6.64. The van der Waals surface area contributed by atoms with Crippen molar-refractivity contribution in [2.45, 2.75) is 44.4 Å². The highest BCUT2D eigenvalue weighted by Gasteiger charge is 2.24. The van der Waals surface area contributed by atoms with Crippen LogP contribution in [-0.2, 0) is 11.3 Å². The van der Waals surface area contributed by atoms with E-state index < -0.39 is 0 Å². The van der Waals surface area contributed by atoms with Crippen LogP contribution < -0.4 is 5.32 Å². The molecule has 0 radical (unpaired) electrons. The number of rotatable bonds is 4. The lowest BCUT2D eigenvalue weighted by Crippen LogP contribution is -2.41. The fraction of sp³-hybridized carbons (Fsp3) is 0.667. The van der Waals surface area contributed by atoms with Crippen molar-refractivity contribution >= 4 is 11.3 Å². The Labute approximate surface area is 95.6 Å². The van der Waals surface area contributed by atoms with Crippen molar-refractivity contribution in [2.24, 2.45) is 0 Å². The van der Waals surface area contributed by atoms with Crippen molar-refractivity contribution in [3.63, 3.8) is 0 Å². The van der Waals surface area contributed by atoms with Crippen LogP contribution in [0, 0.1) is 0 Å². The summed E-state index contributed by atoms with van der Waals surface area (Å²) in [6.07, 6.45) is 5.51. The molecule has 1 aliphatic carbocycles. The summed E-state index contributed by atoms with van der Waals surface area (Å²) in [4.78, 5) is 0. The molecule has 0 amide bonds. The van der Waals surface area contributed by atoms with Crippen LogP contribution in [0.2, 0.25) is 0 Å². The minimum Gasteiger partial charge on any atom is -0.372 e. The maximum absolute atomic E-state index is 5.98. The van der Waals surface area contributed by atoms with Crippen molar-refractivity contribution in [1.82, 2.24) is 5.32 Å². The third-order valence-electron chi connectivity index (χ3n) is 3.12. The van der Waals surface area contributed by atoms with Gasteiger partial charge >= 0.3 is 0 Å². The first-order valence-electron chi connectivity index (χ1n) is 5.70. The molecule has 0 saturated heterocycles.